The Balaban J connectivity index is 1.42. The fraction of sp³-hybridized carbons (Fsp3) is 0.474. The summed E-state index contributed by atoms with van der Waals surface area (Å²) in [6.07, 6.45) is 6.38. The monoisotopic (exact) mass is 360 g/mol. The van der Waals surface area contributed by atoms with Crippen molar-refractivity contribution in [3.63, 3.8) is 0 Å². The molecule has 0 spiro atoms. The van der Waals surface area contributed by atoms with Gasteiger partial charge in [-0.25, -0.2) is 9.07 Å². The number of rotatable bonds is 8. The van der Waals surface area contributed by atoms with Gasteiger partial charge in [0.05, 0.1) is 18.8 Å². The molecule has 1 aromatic heterocycles. The Morgan fingerprint density at radius 2 is 2.19 bits per heavy atom. The molecule has 1 saturated carbocycles. The van der Waals surface area contributed by atoms with Gasteiger partial charge in [0.2, 0.25) is 5.91 Å². The zero-order valence-corrected chi connectivity index (χ0v) is 15.0. The second kappa shape index (κ2) is 8.80. The van der Waals surface area contributed by atoms with Gasteiger partial charge < -0.3 is 10.1 Å². The van der Waals surface area contributed by atoms with Gasteiger partial charge in [0, 0.05) is 18.7 Å². The van der Waals surface area contributed by atoms with E-state index in [1.807, 2.05) is 22.7 Å². The van der Waals surface area contributed by atoms with Crippen LogP contribution in [-0.4, -0.2) is 47.3 Å². The van der Waals surface area contributed by atoms with E-state index in [-0.39, 0.29) is 18.3 Å². The van der Waals surface area contributed by atoms with E-state index in [0.29, 0.717) is 24.9 Å². The molecule has 0 unspecified atom stereocenters. The van der Waals surface area contributed by atoms with Crippen LogP contribution in [-0.2, 0) is 4.79 Å². The molecule has 3 rings (SSSR count). The molecule has 0 radical (unpaired) electrons. The topological polar surface area (TPSA) is 59.4 Å². The van der Waals surface area contributed by atoms with Crippen molar-refractivity contribution < 1.29 is 13.9 Å². The van der Waals surface area contributed by atoms with Crippen molar-refractivity contribution in [2.24, 2.45) is 0 Å². The molecule has 140 valence electrons. The summed E-state index contributed by atoms with van der Waals surface area (Å²) in [5.74, 6) is 0.835. The molecule has 1 aliphatic carbocycles. The third kappa shape index (κ3) is 5.05. The van der Waals surface area contributed by atoms with Crippen molar-refractivity contribution in [3.05, 3.63) is 42.3 Å². The van der Waals surface area contributed by atoms with Crippen LogP contribution >= 0.6 is 0 Å². The predicted molar refractivity (Wildman–Crippen MR) is 97.8 cm³/mol. The van der Waals surface area contributed by atoms with E-state index < -0.39 is 0 Å². The van der Waals surface area contributed by atoms with Crippen molar-refractivity contribution in [1.29, 1.82) is 0 Å². The second-order valence-corrected chi connectivity index (χ2v) is 6.69. The SMILES string of the molecule is CN(CCOc1cccc(F)c1)CC(=O)Nc1ccnn1C1CCCC1. The molecule has 1 fully saturated rings. The predicted octanol–water partition coefficient (Wildman–Crippen LogP) is 3.09. The second-order valence-electron chi connectivity index (χ2n) is 6.69. The number of carbonyl (C=O) groups is 1. The average molecular weight is 360 g/mol. The molecule has 0 bridgehead atoms. The highest BCUT2D eigenvalue weighted by Gasteiger charge is 2.20. The zero-order valence-electron chi connectivity index (χ0n) is 15.0. The summed E-state index contributed by atoms with van der Waals surface area (Å²) >= 11 is 0. The van der Waals surface area contributed by atoms with Gasteiger partial charge in [-0.2, -0.15) is 5.10 Å². The van der Waals surface area contributed by atoms with Crippen molar-refractivity contribution in [2.75, 3.05) is 32.1 Å². The minimum absolute atomic E-state index is 0.0852. The number of likely N-dealkylation sites (N-methyl/N-ethyl adjacent to an activating group) is 1. The number of amides is 1. The average Bonchev–Trinajstić information content (AvgIpc) is 3.25. The smallest absolute Gasteiger partial charge is 0.239 e. The molecule has 1 aliphatic rings. The fourth-order valence-electron chi connectivity index (χ4n) is 3.24. The van der Waals surface area contributed by atoms with Crippen LogP contribution in [0.15, 0.2) is 36.5 Å². The van der Waals surface area contributed by atoms with E-state index in [4.69, 9.17) is 4.74 Å². The zero-order chi connectivity index (χ0) is 18.4. The van der Waals surface area contributed by atoms with Crippen LogP contribution < -0.4 is 10.1 Å². The fourth-order valence-corrected chi connectivity index (χ4v) is 3.24. The first-order chi connectivity index (χ1) is 12.6. The third-order valence-corrected chi connectivity index (χ3v) is 4.56. The van der Waals surface area contributed by atoms with E-state index in [2.05, 4.69) is 10.4 Å². The maximum atomic E-state index is 13.1. The molecule has 2 aromatic rings. The van der Waals surface area contributed by atoms with Crippen molar-refractivity contribution >= 4 is 11.7 Å². The van der Waals surface area contributed by atoms with Gasteiger partial charge in [0.1, 0.15) is 24.0 Å². The first kappa shape index (κ1) is 18.4. The standard InChI is InChI=1S/C19H25FN4O2/c1-23(11-12-26-17-8-4-5-15(20)13-17)14-19(25)22-18-9-10-21-24(18)16-6-2-3-7-16/h4-5,8-10,13,16H,2-3,6-7,11-12,14H2,1H3,(H,22,25). The van der Waals surface area contributed by atoms with Gasteiger partial charge in [0.15, 0.2) is 0 Å². The highest BCUT2D eigenvalue weighted by Crippen LogP contribution is 2.31. The Labute approximate surface area is 152 Å². The minimum Gasteiger partial charge on any atom is -0.492 e. The molecule has 0 atom stereocenters. The molecule has 0 saturated heterocycles. The van der Waals surface area contributed by atoms with Gasteiger partial charge in [-0.15, -0.1) is 0 Å². The number of halogens is 1. The van der Waals surface area contributed by atoms with Gasteiger partial charge in [-0.3, -0.25) is 9.69 Å². The number of benzene rings is 1. The minimum atomic E-state index is -0.325. The van der Waals surface area contributed by atoms with Crippen LogP contribution in [0.25, 0.3) is 0 Å². The number of nitrogens with one attached hydrogen (secondary N) is 1. The van der Waals surface area contributed by atoms with Gasteiger partial charge in [-0.05, 0) is 32.0 Å². The van der Waals surface area contributed by atoms with Gasteiger partial charge in [-0.1, -0.05) is 18.9 Å². The molecule has 26 heavy (non-hydrogen) atoms. The Morgan fingerprint density at radius 3 is 2.96 bits per heavy atom. The Kier molecular flexibility index (Phi) is 6.22. The number of ether oxygens (including phenoxy) is 1. The molecule has 1 aromatic carbocycles. The third-order valence-electron chi connectivity index (χ3n) is 4.56. The maximum Gasteiger partial charge on any atom is 0.239 e. The number of aromatic nitrogens is 2. The molecule has 1 amide bonds. The first-order valence-electron chi connectivity index (χ1n) is 9.02. The number of hydrogen-bond donors (Lipinski definition) is 1. The molecule has 6 nitrogen and oxygen atoms in total. The summed E-state index contributed by atoms with van der Waals surface area (Å²) in [5.41, 5.74) is 0. The Bertz CT molecular complexity index is 728. The summed E-state index contributed by atoms with van der Waals surface area (Å²) in [7, 11) is 1.85. The molecule has 1 heterocycles. The molecular formula is C19H25FN4O2. The van der Waals surface area contributed by atoms with E-state index in [1.54, 1.807) is 18.3 Å². The lowest BCUT2D eigenvalue weighted by atomic mass is 10.2. The van der Waals surface area contributed by atoms with E-state index in [0.717, 1.165) is 18.7 Å². The number of carbonyl (C=O) groups excluding carboxylic acids is 1. The molecule has 7 heteroatoms. The molecular weight excluding hydrogens is 335 g/mol. The highest BCUT2D eigenvalue weighted by molar-refractivity contribution is 5.91. The van der Waals surface area contributed by atoms with Gasteiger partial charge in [0.25, 0.3) is 0 Å². The highest BCUT2D eigenvalue weighted by atomic mass is 19.1. The van der Waals surface area contributed by atoms with Crippen LogP contribution in [0.3, 0.4) is 0 Å². The lowest BCUT2D eigenvalue weighted by Crippen LogP contribution is -2.33. The number of anilines is 1. The van der Waals surface area contributed by atoms with Crippen molar-refractivity contribution in [1.82, 2.24) is 14.7 Å². The summed E-state index contributed by atoms with van der Waals surface area (Å²) in [5, 5.41) is 7.30. The molecule has 1 N–H and O–H groups in total. The normalized spacial score (nSPS) is 14.7. The number of nitrogens with zero attached hydrogens (tertiary/aromatic N) is 3. The summed E-state index contributed by atoms with van der Waals surface area (Å²) in [6.45, 7) is 1.20. The van der Waals surface area contributed by atoms with Crippen LogP contribution in [0.2, 0.25) is 0 Å². The largest absolute Gasteiger partial charge is 0.492 e. The molecule has 0 aliphatic heterocycles. The summed E-state index contributed by atoms with van der Waals surface area (Å²) < 4.78 is 20.5. The lowest BCUT2D eigenvalue weighted by Gasteiger charge is -2.18. The van der Waals surface area contributed by atoms with Crippen LogP contribution in [0, 0.1) is 5.82 Å². The maximum absolute atomic E-state index is 13.1. The first-order valence-corrected chi connectivity index (χ1v) is 9.02. The van der Waals surface area contributed by atoms with E-state index in [1.165, 1.54) is 25.0 Å². The lowest BCUT2D eigenvalue weighted by molar-refractivity contribution is -0.117. The summed E-state index contributed by atoms with van der Waals surface area (Å²) in [4.78, 5) is 14.1. The number of hydrogen-bond acceptors (Lipinski definition) is 4. The van der Waals surface area contributed by atoms with Crippen molar-refractivity contribution in [2.45, 2.75) is 31.7 Å². The van der Waals surface area contributed by atoms with E-state index >= 15 is 0 Å². The van der Waals surface area contributed by atoms with Crippen molar-refractivity contribution in [3.8, 4) is 5.75 Å². The van der Waals surface area contributed by atoms with Gasteiger partial charge >= 0.3 is 0 Å². The van der Waals surface area contributed by atoms with Crippen LogP contribution in [0.1, 0.15) is 31.7 Å². The quantitative estimate of drug-likeness (QED) is 0.786. The summed E-state index contributed by atoms with van der Waals surface area (Å²) in [6, 6.07) is 8.26. The van der Waals surface area contributed by atoms with Crippen LogP contribution in [0.5, 0.6) is 5.75 Å². The van der Waals surface area contributed by atoms with Crippen LogP contribution in [0.4, 0.5) is 10.2 Å². The Morgan fingerprint density at radius 1 is 1.38 bits per heavy atom. The van der Waals surface area contributed by atoms with E-state index in [9.17, 15) is 9.18 Å². The Hall–Kier alpha value is -2.41.